The van der Waals surface area contributed by atoms with Crippen LogP contribution in [0.25, 0.3) is 0 Å². The molecule has 1 atom stereocenters. The minimum absolute atomic E-state index is 0.0404. The molecule has 140 valence electrons. The molecule has 0 spiro atoms. The van der Waals surface area contributed by atoms with E-state index in [1.165, 1.54) is 50.2 Å². The lowest BCUT2D eigenvalue weighted by molar-refractivity contribution is -0.385. The quantitative estimate of drug-likeness (QED) is 0.466. The van der Waals surface area contributed by atoms with Crippen LogP contribution in [0.5, 0.6) is 0 Å². The maximum absolute atomic E-state index is 12.2. The summed E-state index contributed by atoms with van der Waals surface area (Å²) in [5.41, 5.74) is -0.308. The molecule has 0 saturated heterocycles. The van der Waals surface area contributed by atoms with Crippen LogP contribution in [0.15, 0.2) is 42.5 Å². The summed E-state index contributed by atoms with van der Waals surface area (Å²) in [7, 11) is 0. The summed E-state index contributed by atoms with van der Waals surface area (Å²) in [6, 6.07) is 9.31. The molecule has 0 bridgehead atoms. The molecule has 1 amide bonds. The van der Waals surface area contributed by atoms with Crippen molar-refractivity contribution >= 4 is 28.9 Å². The van der Waals surface area contributed by atoms with Crippen molar-refractivity contribution in [1.29, 1.82) is 0 Å². The van der Waals surface area contributed by atoms with Gasteiger partial charge in [0.15, 0.2) is 6.10 Å². The molecule has 0 fully saturated rings. The molecule has 0 aromatic heterocycles. The molecular formula is C17H15N3O7. The van der Waals surface area contributed by atoms with Crippen molar-refractivity contribution in [3.05, 3.63) is 73.8 Å². The highest BCUT2D eigenvalue weighted by atomic mass is 16.6. The van der Waals surface area contributed by atoms with E-state index in [1.54, 1.807) is 0 Å². The number of rotatable bonds is 6. The molecule has 0 saturated carbocycles. The fourth-order valence-corrected chi connectivity index (χ4v) is 2.19. The first-order valence-electron chi connectivity index (χ1n) is 7.71. The molecule has 0 heterocycles. The van der Waals surface area contributed by atoms with Crippen LogP contribution in [-0.4, -0.2) is 27.8 Å². The zero-order valence-corrected chi connectivity index (χ0v) is 14.4. The van der Waals surface area contributed by atoms with Gasteiger partial charge in [-0.2, -0.15) is 0 Å². The van der Waals surface area contributed by atoms with Crippen LogP contribution in [0.3, 0.4) is 0 Å². The van der Waals surface area contributed by atoms with Gasteiger partial charge in [0.2, 0.25) is 0 Å². The molecular weight excluding hydrogens is 358 g/mol. The van der Waals surface area contributed by atoms with Crippen molar-refractivity contribution in [2.75, 3.05) is 5.32 Å². The maximum Gasteiger partial charge on any atom is 0.339 e. The Labute approximate surface area is 153 Å². The van der Waals surface area contributed by atoms with E-state index in [9.17, 15) is 29.8 Å². The van der Waals surface area contributed by atoms with Crippen LogP contribution in [0, 0.1) is 27.2 Å². The third-order valence-electron chi connectivity index (χ3n) is 3.65. The van der Waals surface area contributed by atoms with E-state index in [2.05, 4.69) is 5.32 Å². The fourth-order valence-electron chi connectivity index (χ4n) is 2.19. The summed E-state index contributed by atoms with van der Waals surface area (Å²) in [5, 5.41) is 24.2. The molecule has 10 nitrogen and oxygen atoms in total. The molecule has 0 unspecified atom stereocenters. The van der Waals surface area contributed by atoms with E-state index in [0.717, 1.165) is 6.07 Å². The molecule has 1 N–H and O–H groups in total. The molecule has 0 radical (unpaired) electrons. The highest BCUT2D eigenvalue weighted by Gasteiger charge is 2.23. The standard InChI is InChI=1S/C17H15N3O7/c1-10-7-8-12(9-15(10)20(25)26)17(22)27-11(2)16(21)18-13-5-3-4-6-14(13)19(23)24/h3-9,11H,1-2H3,(H,18,21)/t11-/m0/s1. The van der Waals surface area contributed by atoms with Crippen LogP contribution >= 0.6 is 0 Å². The minimum Gasteiger partial charge on any atom is -0.449 e. The Bertz CT molecular complexity index is 926. The van der Waals surface area contributed by atoms with E-state index in [-0.39, 0.29) is 22.6 Å². The van der Waals surface area contributed by atoms with Crippen molar-refractivity contribution in [2.45, 2.75) is 20.0 Å². The fraction of sp³-hybridized carbons (Fsp3) is 0.176. The van der Waals surface area contributed by atoms with Gasteiger partial charge in [-0.25, -0.2) is 4.79 Å². The largest absolute Gasteiger partial charge is 0.449 e. The SMILES string of the molecule is Cc1ccc(C(=O)O[C@@H](C)C(=O)Nc2ccccc2[N+](=O)[O-])cc1[N+](=O)[O-]. The van der Waals surface area contributed by atoms with Gasteiger partial charge in [-0.15, -0.1) is 0 Å². The number of anilines is 1. The van der Waals surface area contributed by atoms with Gasteiger partial charge in [0, 0.05) is 17.7 Å². The van der Waals surface area contributed by atoms with E-state index >= 15 is 0 Å². The Hall–Kier alpha value is -3.82. The number of amides is 1. The van der Waals surface area contributed by atoms with Gasteiger partial charge in [-0.05, 0) is 26.0 Å². The number of carbonyl (C=O) groups is 2. The van der Waals surface area contributed by atoms with Gasteiger partial charge in [0.05, 0.1) is 15.4 Å². The number of esters is 1. The number of nitro groups is 2. The number of benzene rings is 2. The third-order valence-corrected chi connectivity index (χ3v) is 3.65. The van der Waals surface area contributed by atoms with E-state index < -0.39 is 27.8 Å². The second kappa shape index (κ2) is 8.04. The third kappa shape index (κ3) is 4.63. The van der Waals surface area contributed by atoms with Gasteiger partial charge in [-0.3, -0.25) is 25.0 Å². The van der Waals surface area contributed by atoms with Crippen LogP contribution in [0.4, 0.5) is 17.1 Å². The molecule has 2 rings (SSSR count). The summed E-state index contributed by atoms with van der Waals surface area (Å²) in [5.74, 6) is -1.71. The second-order valence-corrected chi connectivity index (χ2v) is 5.57. The Kier molecular flexibility index (Phi) is 5.81. The van der Waals surface area contributed by atoms with Crippen molar-refractivity contribution in [2.24, 2.45) is 0 Å². The number of nitrogens with one attached hydrogen (secondary N) is 1. The summed E-state index contributed by atoms with van der Waals surface area (Å²) < 4.78 is 5.00. The molecule has 27 heavy (non-hydrogen) atoms. The maximum atomic E-state index is 12.2. The average Bonchev–Trinajstić information content (AvgIpc) is 2.61. The molecule has 0 aliphatic rings. The van der Waals surface area contributed by atoms with Crippen LogP contribution in [0.2, 0.25) is 0 Å². The first kappa shape index (κ1) is 19.5. The van der Waals surface area contributed by atoms with Crippen molar-refractivity contribution in [3.8, 4) is 0 Å². The molecule has 2 aromatic rings. The van der Waals surface area contributed by atoms with Gasteiger partial charge < -0.3 is 10.1 Å². The zero-order valence-electron chi connectivity index (χ0n) is 14.4. The van der Waals surface area contributed by atoms with E-state index in [0.29, 0.717) is 5.56 Å². The van der Waals surface area contributed by atoms with Gasteiger partial charge in [0.25, 0.3) is 17.3 Å². The van der Waals surface area contributed by atoms with Crippen molar-refractivity contribution in [1.82, 2.24) is 0 Å². The zero-order chi connectivity index (χ0) is 20.1. The Balaban J connectivity index is 2.11. The topological polar surface area (TPSA) is 142 Å². The molecule has 10 heteroatoms. The van der Waals surface area contributed by atoms with Gasteiger partial charge >= 0.3 is 5.97 Å². The monoisotopic (exact) mass is 373 g/mol. The predicted octanol–water partition coefficient (Wildman–Crippen LogP) is 3.00. The van der Waals surface area contributed by atoms with Crippen LogP contribution in [0.1, 0.15) is 22.8 Å². The van der Waals surface area contributed by atoms with Crippen LogP contribution < -0.4 is 5.32 Å². The lowest BCUT2D eigenvalue weighted by Crippen LogP contribution is -2.30. The smallest absolute Gasteiger partial charge is 0.339 e. The van der Waals surface area contributed by atoms with E-state index in [1.807, 2.05) is 0 Å². The lowest BCUT2D eigenvalue weighted by atomic mass is 10.1. The first-order chi connectivity index (χ1) is 12.7. The van der Waals surface area contributed by atoms with Gasteiger partial charge in [-0.1, -0.05) is 18.2 Å². The Morgan fingerprint density at radius 2 is 1.67 bits per heavy atom. The number of nitrogens with zero attached hydrogens (tertiary/aromatic N) is 2. The Morgan fingerprint density at radius 1 is 1.04 bits per heavy atom. The highest BCUT2D eigenvalue weighted by Crippen LogP contribution is 2.24. The normalized spacial score (nSPS) is 11.3. The molecule has 2 aromatic carbocycles. The average molecular weight is 373 g/mol. The number of ether oxygens (including phenoxy) is 1. The van der Waals surface area contributed by atoms with Crippen molar-refractivity contribution in [3.63, 3.8) is 0 Å². The summed E-state index contributed by atoms with van der Waals surface area (Å²) in [6.07, 6.45) is -1.28. The first-order valence-corrected chi connectivity index (χ1v) is 7.71. The lowest BCUT2D eigenvalue weighted by Gasteiger charge is -2.13. The second-order valence-electron chi connectivity index (χ2n) is 5.57. The molecule has 0 aliphatic heterocycles. The summed E-state index contributed by atoms with van der Waals surface area (Å²) in [6.45, 7) is 2.81. The number of aryl methyl sites for hydroxylation is 1. The number of hydrogen-bond donors (Lipinski definition) is 1. The summed E-state index contributed by atoms with van der Waals surface area (Å²) >= 11 is 0. The highest BCUT2D eigenvalue weighted by molar-refractivity contribution is 5.98. The summed E-state index contributed by atoms with van der Waals surface area (Å²) in [4.78, 5) is 44.9. The number of hydrogen-bond acceptors (Lipinski definition) is 7. The minimum atomic E-state index is -1.28. The van der Waals surface area contributed by atoms with Crippen molar-refractivity contribution < 1.29 is 24.2 Å². The number of nitro benzene ring substituents is 2. The van der Waals surface area contributed by atoms with E-state index in [4.69, 9.17) is 4.74 Å². The number of para-hydroxylation sites is 2. The number of carbonyl (C=O) groups excluding carboxylic acids is 2. The van der Waals surface area contributed by atoms with Crippen LogP contribution in [-0.2, 0) is 9.53 Å². The molecule has 0 aliphatic carbocycles. The van der Waals surface area contributed by atoms with Gasteiger partial charge in [0.1, 0.15) is 5.69 Å². The predicted molar refractivity (Wildman–Crippen MR) is 94.4 cm³/mol. The Morgan fingerprint density at radius 3 is 2.30 bits per heavy atom.